The Bertz CT molecular complexity index is 219. The number of hydrogen-bond acceptors (Lipinski definition) is 4. The van der Waals surface area contributed by atoms with Gasteiger partial charge < -0.3 is 10.7 Å². The number of thiazole rings is 1. The van der Waals surface area contributed by atoms with Crippen molar-refractivity contribution in [1.29, 1.82) is 5.41 Å². The molecule has 0 radical (unpaired) electrons. The first-order valence-electron chi connectivity index (χ1n) is 2.96. The molecule has 1 aromatic heterocycles. The molecule has 0 aliphatic carbocycles. The molecule has 54 valence electrons. The predicted molar refractivity (Wildman–Crippen MR) is 42.8 cm³/mol. The SMILES string of the molecule is CNCc1cnc(C=N)s1. The largest absolute Gasteiger partial charge is 0.315 e. The van der Waals surface area contributed by atoms with Gasteiger partial charge in [0, 0.05) is 17.6 Å². The minimum absolute atomic E-state index is 0.769. The smallest absolute Gasteiger partial charge is 0.133 e. The van der Waals surface area contributed by atoms with E-state index in [0.717, 1.165) is 11.6 Å². The van der Waals surface area contributed by atoms with Crippen LogP contribution in [0.15, 0.2) is 6.20 Å². The Morgan fingerprint density at radius 1 is 1.90 bits per heavy atom. The van der Waals surface area contributed by atoms with E-state index in [1.165, 1.54) is 11.1 Å². The predicted octanol–water partition coefficient (Wildman–Crippen LogP) is 0.860. The van der Waals surface area contributed by atoms with Crippen molar-refractivity contribution in [2.24, 2.45) is 0 Å². The first-order valence-corrected chi connectivity index (χ1v) is 3.78. The lowest BCUT2D eigenvalue weighted by Crippen LogP contribution is -2.02. The van der Waals surface area contributed by atoms with Gasteiger partial charge in [0.2, 0.25) is 0 Å². The minimum atomic E-state index is 0.769. The number of rotatable bonds is 3. The maximum Gasteiger partial charge on any atom is 0.133 e. The van der Waals surface area contributed by atoms with Gasteiger partial charge in [-0.2, -0.15) is 0 Å². The first kappa shape index (κ1) is 7.37. The molecule has 3 nitrogen and oxygen atoms in total. The molecule has 4 heteroatoms. The molecule has 0 aromatic carbocycles. The van der Waals surface area contributed by atoms with Gasteiger partial charge in [0.1, 0.15) is 5.01 Å². The van der Waals surface area contributed by atoms with E-state index in [-0.39, 0.29) is 0 Å². The Balaban J connectivity index is 2.68. The topological polar surface area (TPSA) is 48.8 Å². The van der Waals surface area contributed by atoms with Gasteiger partial charge in [-0.3, -0.25) is 0 Å². The standard InChI is InChI=1S/C6H9N3S/c1-8-3-5-4-9-6(2-7)10-5/h2,4,7-8H,3H2,1H3. The molecule has 0 aliphatic heterocycles. The van der Waals surface area contributed by atoms with Gasteiger partial charge in [-0.15, -0.1) is 11.3 Å². The fourth-order valence-corrected chi connectivity index (χ4v) is 1.40. The zero-order valence-corrected chi connectivity index (χ0v) is 6.53. The van der Waals surface area contributed by atoms with Crippen LogP contribution in [0.25, 0.3) is 0 Å². The quantitative estimate of drug-likeness (QED) is 0.636. The third kappa shape index (κ3) is 1.62. The summed E-state index contributed by atoms with van der Waals surface area (Å²) in [6, 6.07) is 0. The van der Waals surface area contributed by atoms with E-state index >= 15 is 0 Å². The van der Waals surface area contributed by atoms with Gasteiger partial charge in [0.05, 0.1) is 6.21 Å². The van der Waals surface area contributed by atoms with Crippen LogP contribution in [0.2, 0.25) is 0 Å². The second kappa shape index (κ2) is 3.43. The van der Waals surface area contributed by atoms with Crippen molar-refractivity contribution in [2.75, 3.05) is 7.05 Å². The summed E-state index contributed by atoms with van der Waals surface area (Å²) in [6.07, 6.45) is 3.06. The minimum Gasteiger partial charge on any atom is -0.315 e. The third-order valence-corrected chi connectivity index (χ3v) is 1.99. The van der Waals surface area contributed by atoms with E-state index in [4.69, 9.17) is 5.41 Å². The highest BCUT2D eigenvalue weighted by molar-refractivity contribution is 7.13. The monoisotopic (exact) mass is 155 g/mol. The van der Waals surface area contributed by atoms with Crippen molar-refractivity contribution >= 4 is 17.6 Å². The summed E-state index contributed by atoms with van der Waals surface area (Å²) < 4.78 is 0. The highest BCUT2D eigenvalue weighted by Gasteiger charge is 1.95. The van der Waals surface area contributed by atoms with Crippen LogP contribution in [0.3, 0.4) is 0 Å². The fourth-order valence-electron chi connectivity index (χ4n) is 0.645. The van der Waals surface area contributed by atoms with Crippen LogP contribution < -0.4 is 5.32 Å². The highest BCUT2D eigenvalue weighted by atomic mass is 32.1. The Morgan fingerprint density at radius 2 is 2.70 bits per heavy atom. The number of aromatic nitrogens is 1. The molecule has 0 spiro atoms. The second-order valence-electron chi connectivity index (χ2n) is 1.84. The van der Waals surface area contributed by atoms with E-state index in [0.29, 0.717) is 0 Å². The molecule has 0 fully saturated rings. The maximum absolute atomic E-state index is 6.89. The lowest BCUT2D eigenvalue weighted by Gasteiger charge is -1.88. The average molecular weight is 155 g/mol. The third-order valence-electron chi connectivity index (χ3n) is 1.05. The van der Waals surface area contributed by atoms with Crippen LogP contribution in [-0.2, 0) is 6.54 Å². The summed E-state index contributed by atoms with van der Waals surface area (Å²) in [7, 11) is 1.89. The van der Waals surface area contributed by atoms with Crippen LogP contribution in [-0.4, -0.2) is 18.2 Å². The summed E-state index contributed by atoms with van der Waals surface area (Å²) in [5.74, 6) is 0. The van der Waals surface area contributed by atoms with E-state index in [9.17, 15) is 0 Å². The molecule has 1 heterocycles. The Labute approximate surface area is 63.6 Å². The summed E-state index contributed by atoms with van der Waals surface area (Å²) in [6.45, 7) is 0.839. The van der Waals surface area contributed by atoms with Gasteiger partial charge in [0.25, 0.3) is 0 Å². The van der Waals surface area contributed by atoms with Crippen molar-refractivity contribution < 1.29 is 0 Å². The zero-order valence-electron chi connectivity index (χ0n) is 5.72. The number of hydrogen-bond donors (Lipinski definition) is 2. The van der Waals surface area contributed by atoms with Crippen molar-refractivity contribution in [3.8, 4) is 0 Å². The lowest BCUT2D eigenvalue weighted by atomic mass is 10.5. The van der Waals surface area contributed by atoms with E-state index in [1.807, 2.05) is 7.05 Å². The molecule has 0 amide bonds. The maximum atomic E-state index is 6.89. The van der Waals surface area contributed by atoms with Gasteiger partial charge in [-0.1, -0.05) is 0 Å². The summed E-state index contributed by atoms with van der Waals surface area (Å²) in [5.41, 5.74) is 0. The molecule has 1 aromatic rings. The van der Waals surface area contributed by atoms with E-state index in [1.54, 1.807) is 17.5 Å². The molecular formula is C6H9N3S. The Kier molecular flexibility index (Phi) is 2.53. The van der Waals surface area contributed by atoms with Crippen molar-refractivity contribution in [3.63, 3.8) is 0 Å². The molecule has 1 rings (SSSR count). The molecule has 0 atom stereocenters. The molecule has 2 N–H and O–H groups in total. The van der Waals surface area contributed by atoms with E-state index < -0.39 is 0 Å². The molecular weight excluding hydrogens is 146 g/mol. The van der Waals surface area contributed by atoms with Gasteiger partial charge in [0.15, 0.2) is 0 Å². The van der Waals surface area contributed by atoms with Crippen LogP contribution in [0.5, 0.6) is 0 Å². The molecule has 10 heavy (non-hydrogen) atoms. The summed E-state index contributed by atoms with van der Waals surface area (Å²) in [4.78, 5) is 5.16. The molecule has 0 bridgehead atoms. The summed E-state index contributed by atoms with van der Waals surface area (Å²) in [5, 5.41) is 10.7. The Morgan fingerprint density at radius 3 is 3.20 bits per heavy atom. The van der Waals surface area contributed by atoms with Gasteiger partial charge in [-0.25, -0.2) is 4.98 Å². The molecule has 0 saturated heterocycles. The average Bonchev–Trinajstić information content (AvgIpc) is 2.37. The van der Waals surface area contributed by atoms with Crippen LogP contribution >= 0.6 is 11.3 Å². The van der Waals surface area contributed by atoms with Crippen molar-refractivity contribution in [3.05, 3.63) is 16.1 Å². The van der Waals surface area contributed by atoms with Crippen LogP contribution in [0.1, 0.15) is 9.88 Å². The van der Waals surface area contributed by atoms with Crippen molar-refractivity contribution in [1.82, 2.24) is 10.3 Å². The summed E-state index contributed by atoms with van der Waals surface area (Å²) >= 11 is 1.54. The normalized spacial score (nSPS) is 9.70. The molecule has 0 unspecified atom stereocenters. The second-order valence-corrected chi connectivity index (χ2v) is 2.99. The molecule has 0 saturated carbocycles. The van der Waals surface area contributed by atoms with Crippen LogP contribution in [0.4, 0.5) is 0 Å². The first-order chi connectivity index (χ1) is 4.86. The van der Waals surface area contributed by atoms with E-state index in [2.05, 4.69) is 10.3 Å². The number of nitrogens with zero attached hydrogens (tertiary/aromatic N) is 1. The number of nitrogens with one attached hydrogen (secondary N) is 2. The zero-order chi connectivity index (χ0) is 7.40. The van der Waals surface area contributed by atoms with Gasteiger partial charge in [-0.05, 0) is 7.05 Å². The van der Waals surface area contributed by atoms with Crippen LogP contribution in [0, 0.1) is 5.41 Å². The highest BCUT2D eigenvalue weighted by Crippen LogP contribution is 2.09. The fraction of sp³-hybridized carbons (Fsp3) is 0.333. The van der Waals surface area contributed by atoms with Crippen molar-refractivity contribution in [2.45, 2.75) is 6.54 Å². The lowest BCUT2D eigenvalue weighted by molar-refractivity contribution is 0.829. The Hall–Kier alpha value is -0.740. The van der Waals surface area contributed by atoms with Gasteiger partial charge >= 0.3 is 0 Å². The molecule has 0 aliphatic rings.